The Bertz CT molecular complexity index is 395. The molecule has 0 aromatic heterocycles. The molecule has 0 amide bonds. The highest BCUT2D eigenvalue weighted by Crippen LogP contribution is 2.27. The van der Waals surface area contributed by atoms with E-state index in [1.165, 1.54) is 12.1 Å². The van der Waals surface area contributed by atoms with E-state index in [0.29, 0.717) is 0 Å². The minimum atomic E-state index is -4.21. The third-order valence-corrected chi connectivity index (χ3v) is 2.73. The summed E-state index contributed by atoms with van der Waals surface area (Å²) >= 11 is 5.59. The summed E-state index contributed by atoms with van der Waals surface area (Å²) in [6.07, 6.45) is -5.16. The van der Waals surface area contributed by atoms with Crippen LogP contribution in [0, 0.1) is 5.82 Å². The van der Waals surface area contributed by atoms with Gasteiger partial charge in [-0.15, -0.1) is 0 Å². The molecule has 0 radical (unpaired) electrons. The Labute approximate surface area is 107 Å². The van der Waals surface area contributed by atoms with Crippen LogP contribution in [-0.2, 0) is 0 Å². The van der Waals surface area contributed by atoms with Gasteiger partial charge in [0.1, 0.15) is 5.82 Å². The van der Waals surface area contributed by atoms with Crippen LogP contribution in [0.2, 0.25) is 5.02 Å². The lowest BCUT2D eigenvalue weighted by molar-refractivity contribution is -0.135. The number of benzene rings is 1. The van der Waals surface area contributed by atoms with E-state index < -0.39 is 24.5 Å². The highest BCUT2D eigenvalue weighted by atomic mass is 35.5. The lowest BCUT2D eigenvalue weighted by Crippen LogP contribution is -2.29. The summed E-state index contributed by atoms with van der Waals surface area (Å²) in [4.78, 5) is 0. The molecule has 18 heavy (non-hydrogen) atoms. The lowest BCUT2D eigenvalue weighted by atomic mass is 10.0. The maximum atomic E-state index is 13.5. The van der Waals surface area contributed by atoms with Gasteiger partial charge in [-0.3, -0.25) is 11.3 Å². The van der Waals surface area contributed by atoms with Crippen molar-refractivity contribution in [3.05, 3.63) is 34.6 Å². The Balaban J connectivity index is 2.66. The normalized spacial score (nSPS) is 13.7. The number of alkyl halides is 3. The predicted octanol–water partition coefficient (Wildman–Crippen LogP) is 3.72. The molecule has 0 aliphatic rings. The smallest absolute Gasteiger partial charge is 0.271 e. The molecular weight excluding hydrogens is 272 g/mol. The fraction of sp³-hybridized carbons (Fsp3) is 0.455. The molecule has 0 bridgehead atoms. The third kappa shape index (κ3) is 4.80. The molecule has 1 aromatic rings. The van der Waals surface area contributed by atoms with Crippen molar-refractivity contribution in [2.24, 2.45) is 5.84 Å². The summed E-state index contributed by atoms with van der Waals surface area (Å²) in [6.45, 7) is 0. The lowest BCUT2D eigenvalue weighted by Gasteiger charge is -2.17. The summed E-state index contributed by atoms with van der Waals surface area (Å²) in [5.41, 5.74) is 2.53. The summed E-state index contributed by atoms with van der Waals surface area (Å²) in [7, 11) is 0. The second kappa shape index (κ2) is 6.36. The van der Waals surface area contributed by atoms with Crippen molar-refractivity contribution in [2.75, 3.05) is 0 Å². The molecule has 0 spiro atoms. The van der Waals surface area contributed by atoms with E-state index in [1.54, 1.807) is 0 Å². The molecule has 1 rings (SSSR count). The highest BCUT2D eigenvalue weighted by Gasteiger charge is 2.27. The number of hydrogen-bond donors (Lipinski definition) is 2. The van der Waals surface area contributed by atoms with E-state index in [9.17, 15) is 17.6 Å². The first-order valence-corrected chi connectivity index (χ1v) is 5.69. The van der Waals surface area contributed by atoms with E-state index in [1.807, 2.05) is 0 Å². The molecule has 7 heteroatoms. The molecule has 1 unspecified atom stereocenters. The molecule has 2 nitrogen and oxygen atoms in total. The number of rotatable bonds is 5. The molecule has 3 N–H and O–H groups in total. The predicted molar refractivity (Wildman–Crippen MR) is 61.4 cm³/mol. The molecule has 0 aliphatic heterocycles. The van der Waals surface area contributed by atoms with Crippen LogP contribution >= 0.6 is 11.6 Å². The van der Waals surface area contributed by atoms with Crippen molar-refractivity contribution >= 4 is 11.6 Å². The van der Waals surface area contributed by atoms with Gasteiger partial charge in [-0.05, 0) is 25.0 Å². The SMILES string of the molecule is NNC(CCCC(F)(F)F)c1ccc(Cl)cc1F. The van der Waals surface area contributed by atoms with Crippen LogP contribution in [-0.4, -0.2) is 6.18 Å². The first-order valence-electron chi connectivity index (χ1n) is 5.31. The van der Waals surface area contributed by atoms with Gasteiger partial charge >= 0.3 is 6.18 Å². The van der Waals surface area contributed by atoms with E-state index in [4.69, 9.17) is 17.4 Å². The van der Waals surface area contributed by atoms with Crippen molar-refractivity contribution < 1.29 is 17.6 Å². The Morgan fingerprint density at radius 3 is 2.50 bits per heavy atom. The largest absolute Gasteiger partial charge is 0.389 e. The molecule has 1 atom stereocenters. The monoisotopic (exact) mass is 284 g/mol. The van der Waals surface area contributed by atoms with Gasteiger partial charge in [0.15, 0.2) is 0 Å². The van der Waals surface area contributed by atoms with Crippen LogP contribution in [0.15, 0.2) is 18.2 Å². The van der Waals surface area contributed by atoms with Gasteiger partial charge in [0.2, 0.25) is 0 Å². The molecular formula is C11H13ClF4N2. The van der Waals surface area contributed by atoms with Gasteiger partial charge in [-0.1, -0.05) is 17.7 Å². The van der Waals surface area contributed by atoms with Crippen LogP contribution in [0.4, 0.5) is 17.6 Å². The van der Waals surface area contributed by atoms with E-state index in [0.717, 1.165) is 6.07 Å². The Hall–Kier alpha value is -0.850. The van der Waals surface area contributed by atoms with Crippen LogP contribution in [0.3, 0.4) is 0 Å². The minimum absolute atomic E-state index is 0.0918. The van der Waals surface area contributed by atoms with Gasteiger partial charge in [0, 0.05) is 23.0 Å². The molecule has 1 aromatic carbocycles. The maximum Gasteiger partial charge on any atom is 0.389 e. The zero-order valence-electron chi connectivity index (χ0n) is 9.40. The highest BCUT2D eigenvalue weighted by molar-refractivity contribution is 6.30. The molecule has 0 fully saturated rings. The van der Waals surface area contributed by atoms with Crippen molar-refractivity contribution in [3.8, 4) is 0 Å². The summed E-state index contributed by atoms with van der Waals surface area (Å²) in [5, 5.41) is 0.224. The van der Waals surface area contributed by atoms with Gasteiger partial charge < -0.3 is 0 Å². The number of hydrazine groups is 1. The van der Waals surface area contributed by atoms with Crippen molar-refractivity contribution in [3.63, 3.8) is 0 Å². The van der Waals surface area contributed by atoms with Crippen molar-refractivity contribution in [2.45, 2.75) is 31.5 Å². The number of nitrogens with one attached hydrogen (secondary N) is 1. The van der Waals surface area contributed by atoms with Gasteiger partial charge in [-0.2, -0.15) is 13.2 Å². The fourth-order valence-electron chi connectivity index (χ4n) is 1.62. The van der Waals surface area contributed by atoms with Crippen LogP contribution in [0.1, 0.15) is 30.9 Å². The average molecular weight is 285 g/mol. The second-order valence-corrected chi connectivity index (χ2v) is 4.33. The van der Waals surface area contributed by atoms with Crippen molar-refractivity contribution in [1.82, 2.24) is 5.43 Å². The zero-order valence-corrected chi connectivity index (χ0v) is 10.2. The van der Waals surface area contributed by atoms with E-state index >= 15 is 0 Å². The zero-order chi connectivity index (χ0) is 13.8. The average Bonchev–Trinajstić information content (AvgIpc) is 2.24. The molecule has 102 valence electrons. The third-order valence-electron chi connectivity index (χ3n) is 2.49. The Morgan fingerprint density at radius 1 is 1.33 bits per heavy atom. The quantitative estimate of drug-likeness (QED) is 0.491. The van der Waals surface area contributed by atoms with Crippen LogP contribution in [0.5, 0.6) is 0 Å². The van der Waals surface area contributed by atoms with Gasteiger partial charge in [0.05, 0.1) is 0 Å². The number of nitrogens with two attached hydrogens (primary N) is 1. The summed E-state index contributed by atoms with van der Waals surface area (Å²) < 4.78 is 49.6. The van der Waals surface area contributed by atoms with E-state index in [-0.39, 0.29) is 23.4 Å². The van der Waals surface area contributed by atoms with Crippen LogP contribution in [0.25, 0.3) is 0 Å². The van der Waals surface area contributed by atoms with Crippen LogP contribution < -0.4 is 11.3 Å². The standard InChI is InChI=1S/C11H13ClF4N2/c12-7-3-4-8(9(13)6-7)10(18-17)2-1-5-11(14,15)16/h3-4,6,10,18H,1-2,5,17H2. The molecule has 0 saturated heterocycles. The molecule has 0 saturated carbocycles. The molecule has 0 aliphatic carbocycles. The van der Waals surface area contributed by atoms with Gasteiger partial charge in [-0.25, -0.2) is 4.39 Å². The summed E-state index contributed by atoms with van der Waals surface area (Å²) in [5.74, 6) is 4.64. The van der Waals surface area contributed by atoms with Gasteiger partial charge in [0.25, 0.3) is 0 Å². The fourth-order valence-corrected chi connectivity index (χ4v) is 1.78. The first kappa shape index (κ1) is 15.2. The number of hydrogen-bond acceptors (Lipinski definition) is 2. The topological polar surface area (TPSA) is 38.0 Å². The molecule has 0 heterocycles. The number of halogens is 5. The van der Waals surface area contributed by atoms with E-state index in [2.05, 4.69) is 5.43 Å². The maximum absolute atomic E-state index is 13.5. The Morgan fingerprint density at radius 2 is 2.00 bits per heavy atom. The minimum Gasteiger partial charge on any atom is -0.271 e. The Kier molecular flexibility index (Phi) is 5.37. The second-order valence-electron chi connectivity index (χ2n) is 3.89. The first-order chi connectivity index (χ1) is 8.33. The summed E-state index contributed by atoms with van der Waals surface area (Å²) in [6, 6.07) is 3.32. The van der Waals surface area contributed by atoms with Crippen molar-refractivity contribution in [1.29, 1.82) is 0 Å².